The number of aliphatic hydroxyl groups excluding tert-OH is 4. The SMILES string of the molecule is Cc1cc(=O)oc2cc(O[C@]3(C(=O)O)C[C@H](O)[C@@H](NC(=O)CCC(F)(F)F)[C@H]([C@@H](O)[C@H](O)CO)O3)ccc12. The summed E-state index contributed by atoms with van der Waals surface area (Å²) >= 11 is 0. The predicted molar refractivity (Wildman–Crippen MR) is 120 cm³/mol. The van der Waals surface area contributed by atoms with Crippen LogP contribution >= 0.6 is 0 Å². The fraction of sp³-hybridized carbons (Fsp3) is 0.522. The number of carboxylic acids is 1. The van der Waals surface area contributed by atoms with Crippen LogP contribution in [0.25, 0.3) is 11.0 Å². The molecule has 12 nitrogen and oxygen atoms in total. The fourth-order valence-electron chi connectivity index (χ4n) is 4.07. The minimum atomic E-state index is -4.66. The summed E-state index contributed by atoms with van der Waals surface area (Å²) in [5, 5.41) is 53.0. The molecular weight excluding hydrogens is 523 g/mol. The van der Waals surface area contributed by atoms with Crippen molar-refractivity contribution in [3.63, 3.8) is 0 Å². The number of alkyl halides is 3. The molecule has 0 aliphatic carbocycles. The molecule has 0 radical (unpaired) electrons. The average Bonchev–Trinajstić information content (AvgIpc) is 2.82. The molecule has 6 atom stereocenters. The van der Waals surface area contributed by atoms with Crippen LogP contribution in [0.5, 0.6) is 5.75 Å². The lowest BCUT2D eigenvalue weighted by molar-refractivity contribution is -0.284. The topological polar surface area (TPSA) is 196 Å². The quantitative estimate of drug-likeness (QED) is 0.230. The number of aliphatic hydroxyl groups is 4. The third-order valence-electron chi connectivity index (χ3n) is 5.99. The number of amides is 1. The molecule has 1 aromatic heterocycles. The van der Waals surface area contributed by atoms with E-state index in [-0.39, 0.29) is 11.3 Å². The van der Waals surface area contributed by atoms with Crippen LogP contribution in [0.2, 0.25) is 0 Å². The second-order valence-corrected chi connectivity index (χ2v) is 8.87. The normalized spacial score (nSPS) is 25.5. The van der Waals surface area contributed by atoms with Crippen LogP contribution in [-0.4, -0.2) is 86.4 Å². The molecule has 1 aromatic carbocycles. The van der Waals surface area contributed by atoms with Gasteiger partial charge in [-0.15, -0.1) is 0 Å². The van der Waals surface area contributed by atoms with E-state index in [1.165, 1.54) is 24.3 Å². The molecule has 0 spiro atoms. The van der Waals surface area contributed by atoms with Crippen molar-refractivity contribution >= 4 is 22.8 Å². The van der Waals surface area contributed by atoms with Crippen molar-refractivity contribution in [2.75, 3.05) is 6.61 Å². The number of rotatable bonds is 9. The van der Waals surface area contributed by atoms with E-state index in [9.17, 15) is 53.1 Å². The summed E-state index contributed by atoms with van der Waals surface area (Å²) in [5.41, 5.74) is -0.0911. The molecule has 3 rings (SSSR count). The lowest BCUT2D eigenvalue weighted by Crippen LogP contribution is -2.68. The largest absolute Gasteiger partial charge is 0.476 e. The molecule has 1 aliphatic rings. The van der Waals surface area contributed by atoms with Crippen molar-refractivity contribution < 1.29 is 62.2 Å². The number of ether oxygens (including phenoxy) is 2. The number of carbonyl (C=O) groups is 2. The molecule has 1 saturated heterocycles. The van der Waals surface area contributed by atoms with Gasteiger partial charge in [0, 0.05) is 23.9 Å². The third kappa shape index (κ3) is 6.60. The van der Waals surface area contributed by atoms with Gasteiger partial charge in [0.1, 0.15) is 29.6 Å². The van der Waals surface area contributed by atoms with Gasteiger partial charge in [-0.25, -0.2) is 9.59 Å². The molecule has 6 N–H and O–H groups in total. The van der Waals surface area contributed by atoms with Gasteiger partial charge in [0.25, 0.3) is 0 Å². The summed E-state index contributed by atoms with van der Waals surface area (Å²) in [6.07, 6.45) is -16.0. The van der Waals surface area contributed by atoms with Crippen LogP contribution in [0.15, 0.2) is 33.5 Å². The van der Waals surface area contributed by atoms with E-state index in [0.717, 1.165) is 0 Å². The van der Waals surface area contributed by atoms with E-state index in [1.807, 2.05) is 0 Å². The number of fused-ring (bicyclic) bond motifs is 1. The number of aryl methyl sites for hydroxylation is 1. The molecule has 1 amide bonds. The minimum absolute atomic E-state index is 0.0338. The zero-order valence-electron chi connectivity index (χ0n) is 19.8. The Morgan fingerprint density at radius 1 is 1.26 bits per heavy atom. The first-order valence-electron chi connectivity index (χ1n) is 11.3. The number of nitrogens with one attached hydrogen (secondary N) is 1. The number of carboxylic acid groups (broad SMARTS) is 1. The van der Waals surface area contributed by atoms with Crippen molar-refractivity contribution in [3.8, 4) is 5.75 Å². The number of carbonyl (C=O) groups excluding carboxylic acids is 1. The molecular formula is C23H26F3NO11. The Kier molecular flexibility index (Phi) is 8.68. The smallest absolute Gasteiger partial charge is 0.389 e. The van der Waals surface area contributed by atoms with Gasteiger partial charge in [-0.3, -0.25) is 4.79 Å². The van der Waals surface area contributed by atoms with Gasteiger partial charge in [-0.2, -0.15) is 13.2 Å². The number of hydrogen-bond donors (Lipinski definition) is 6. The Morgan fingerprint density at radius 3 is 2.55 bits per heavy atom. The van der Waals surface area contributed by atoms with E-state index < -0.39 is 85.8 Å². The summed E-state index contributed by atoms with van der Waals surface area (Å²) in [6.45, 7) is 0.594. The predicted octanol–water partition coefficient (Wildman–Crippen LogP) is -0.0477. The first-order chi connectivity index (χ1) is 17.7. The lowest BCUT2D eigenvalue weighted by Gasteiger charge is -2.46. The van der Waals surface area contributed by atoms with Crippen molar-refractivity contribution in [2.24, 2.45) is 0 Å². The Morgan fingerprint density at radius 2 is 1.95 bits per heavy atom. The van der Waals surface area contributed by atoms with Gasteiger partial charge < -0.3 is 44.7 Å². The molecule has 210 valence electrons. The first kappa shape index (κ1) is 29.3. The Bertz CT molecular complexity index is 1230. The molecule has 0 bridgehead atoms. The van der Waals surface area contributed by atoms with Gasteiger partial charge in [0.05, 0.1) is 31.6 Å². The fourth-order valence-corrected chi connectivity index (χ4v) is 4.07. The van der Waals surface area contributed by atoms with Crippen LogP contribution in [0.1, 0.15) is 24.8 Å². The standard InChI is InChI=1S/C23H26F3NO11/c1-10-6-17(32)36-15-7-11(2-3-12(10)15)37-22(21(34)35)8-13(29)18(20(38-22)19(33)14(30)9-28)27-16(31)4-5-23(24,25)26/h2-3,6-7,13-14,18-20,28-30,33H,4-5,8-9H2,1H3,(H,27,31)(H,34,35)/t13-,14+,18+,19-,20+,22+/m0/s1. The average molecular weight is 549 g/mol. The minimum Gasteiger partial charge on any atom is -0.476 e. The van der Waals surface area contributed by atoms with Crippen LogP contribution in [0, 0.1) is 6.92 Å². The van der Waals surface area contributed by atoms with Gasteiger partial charge in [-0.05, 0) is 24.6 Å². The Hall–Kier alpha value is -3.24. The molecule has 1 aliphatic heterocycles. The molecule has 2 heterocycles. The van der Waals surface area contributed by atoms with Crippen molar-refractivity contribution in [1.29, 1.82) is 0 Å². The number of hydrogen-bond acceptors (Lipinski definition) is 10. The van der Waals surface area contributed by atoms with E-state index >= 15 is 0 Å². The second kappa shape index (κ2) is 11.2. The monoisotopic (exact) mass is 549 g/mol. The summed E-state index contributed by atoms with van der Waals surface area (Å²) in [6, 6.07) is 3.51. The van der Waals surface area contributed by atoms with Crippen LogP contribution in [0.4, 0.5) is 13.2 Å². The zero-order chi connectivity index (χ0) is 28.4. The summed E-state index contributed by atoms with van der Waals surface area (Å²) < 4.78 is 53.6. The third-order valence-corrected chi connectivity index (χ3v) is 5.99. The van der Waals surface area contributed by atoms with E-state index in [4.69, 9.17) is 13.9 Å². The first-order valence-corrected chi connectivity index (χ1v) is 11.3. The van der Waals surface area contributed by atoms with Crippen molar-refractivity contribution in [2.45, 2.75) is 68.6 Å². The van der Waals surface area contributed by atoms with Gasteiger partial charge in [-0.1, -0.05) is 0 Å². The molecule has 1 fully saturated rings. The Labute approximate surface area is 212 Å². The van der Waals surface area contributed by atoms with E-state index in [2.05, 4.69) is 5.32 Å². The highest BCUT2D eigenvalue weighted by molar-refractivity contribution is 5.82. The van der Waals surface area contributed by atoms with E-state index in [0.29, 0.717) is 10.9 Å². The van der Waals surface area contributed by atoms with Crippen LogP contribution in [-0.2, 0) is 14.3 Å². The summed E-state index contributed by atoms with van der Waals surface area (Å²) in [7, 11) is 0. The van der Waals surface area contributed by atoms with Crippen molar-refractivity contribution in [1.82, 2.24) is 5.32 Å². The number of benzene rings is 1. The van der Waals surface area contributed by atoms with Gasteiger partial charge in [0.15, 0.2) is 0 Å². The van der Waals surface area contributed by atoms with Crippen molar-refractivity contribution in [3.05, 3.63) is 40.2 Å². The van der Waals surface area contributed by atoms with E-state index in [1.54, 1.807) is 6.92 Å². The molecule has 0 unspecified atom stereocenters. The van der Waals surface area contributed by atoms with Gasteiger partial charge >= 0.3 is 23.6 Å². The Balaban J connectivity index is 1.94. The maximum atomic E-state index is 12.5. The highest BCUT2D eigenvalue weighted by Crippen LogP contribution is 2.36. The maximum Gasteiger partial charge on any atom is 0.389 e. The lowest BCUT2D eigenvalue weighted by atomic mass is 9.88. The van der Waals surface area contributed by atoms with Crippen LogP contribution < -0.4 is 15.7 Å². The van der Waals surface area contributed by atoms with Crippen LogP contribution in [0.3, 0.4) is 0 Å². The molecule has 38 heavy (non-hydrogen) atoms. The number of aliphatic carboxylic acids is 1. The molecule has 15 heteroatoms. The highest BCUT2D eigenvalue weighted by Gasteiger charge is 2.56. The molecule has 0 saturated carbocycles. The summed E-state index contributed by atoms with van der Waals surface area (Å²) in [5.74, 6) is -5.95. The summed E-state index contributed by atoms with van der Waals surface area (Å²) in [4.78, 5) is 36.2. The van der Waals surface area contributed by atoms with Gasteiger partial charge in [0.2, 0.25) is 5.91 Å². The second-order valence-electron chi connectivity index (χ2n) is 8.87. The maximum absolute atomic E-state index is 12.5. The highest BCUT2D eigenvalue weighted by atomic mass is 19.4. The number of halogens is 3. The zero-order valence-corrected chi connectivity index (χ0v) is 19.8. The molecule has 2 aromatic rings.